The van der Waals surface area contributed by atoms with Crippen LogP contribution in [-0.2, 0) is 35.4 Å². The molecule has 0 unspecified atom stereocenters. The Morgan fingerprint density at radius 3 is 2.29 bits per heavy atom. The van der Waals surface area contributed by atoms with Crippen LogP contribution in [0.1, 0.15) is 72.3 Å². The summed E-state index contributed by atoms with van der Waals surface area (Å²) in [7, 11) is -0.633. The highest BCUT2D eigenvalue weighted by molar-refractivity contribution is 7.92. The van der Waals surface area contributed by atoms with Crippen LogP contribution in [0.2, 0.25) is 0 Å². The SMILES string of the molecule is CO[C@H](CN1C[C@H]2CCCC[C@H]2C[C@H]1C(=O)NC(C)(C)C)[C@H](Cc1ccccc1)N(C)C(=O)[C@H](NC(=O)COc1cccnc1)C(C)(C)S(C)(=O)=O. The first-order valence-electron chi connectivity index (χ1n) is 18.3. The predicted octanol–water partition coefficient (Wildman–Crippen LogP) is 3.65. The number of pyridine rings is 1. The number of fused-ring (bicyclic) bond motifs is 1. The molecule has 0 spiro atoms. The fourth-order valence-electron chi connectivity index (χ4n) is 7.48. The molecule has 2 fully saturated rings. The molecule has 3 amide bonds. The molecule has 1 aliphatic carbocycles. The molecule has 52 heavy (non-hydrogen) atoms. The maximum atomic E-state index is 14.7. The number of rotatable bonds is 15. The second-order valence-corrected chi connectivity index (χ2v) is 18.7. The van der Waals surface area contributed by atoms with Crippen molar-refractivity contribution in [3.8, 4) is 5.75 Å². The van der Waals surface area contributed by atoms with Crippen LogP contribution in [-0.4, -0.2) is 116 Å². The van der Waals surface area contributed by atoms with Gasteiger partial charge in [0.05, 0.1) is 29.1 Å². The second-order valence-electron chi connectivity index (χ2n) is 16.1. The van der Waals surface area contributed by atoms with Crippen molar-refractivity contribution in [3.05, 3.63) is 60.4 Å². The maximum Gasteiger partial charge on any atom is 0.258 e. The fourth-order valence-corrected chi connectivity index (χ4v) is 8.07. The molecule has 2 N–H and O–H groups in total. The summed E-state index contributed by atoms with van der Waals surface area (Å²) in [6.45, 7) is 9.50. The van der Waals surface area contributed by atoms with E-state index in [0.717, 1.165) is 37.6 Å². The molecule has 1 saturated carbocycles. The molecule has 12 nitrogen and oxygen atoms in total. The number of piperidine rings is 1. The number of sulfone groups is 1. The van der Waals surface area contributed by atoms with E-state index in [1.54, 1.807) is 32.5 Å². The molecule has 288 valence electrons. The monoisotopic (exact) mass is 741 g/mol. The van der Waals surface area contributed by atoms with Crippen LogP contribution in [0, 0.1) is 11.8 Å². The zero-order valence-electron chi connectivity index (χ0n) is 32.1. The van der Waals surface area contributed by atoms with Crippen LogP contribution in [0.15, 0.2) is 54.9 Å². The lowest BCUT2D eigenvalue weighted by Crippen LogP contribution is -2.64. The molecule has 4 rings (SSSR count). The highest BCUT2D eigenvalue weighted by atomic mass is 32.2. The maximum absolute atomic E-state index is 14.7. The lowest BCUT2D eigenvalue weighted by atomic mass is 9.72. The summed E-state index contributed by atoms with van der Waals surface area (Å²) in [6.07, 6.45) is 9.27. The Labute approximate surface area is 310 Å². The van der Waals surface area contributed by atoms with E-state index in [2.05, 4.69) is 20.5 Å². The summed E-state index contributed by atoms with van der Waals surface area (Å²) in [6, 6.07) is 10.6. The molecular formula is C39H59N5O7S. The number of hydrogen-bond acceptors (Lipinski definition) is 9. The molecule has 1 saturated heterocycles. The second kappa shape index (κ2) is 17.5. The molecule has 0 radical (unpaired) electrons. The molecule has 2 heterocycles. The molecule has 0 bridgehead atoms. The minimum absolute atomic E-state index is 0.0124. The highest BCUT2D eigenvalue weighted by Crippen LogP contribution is 2.39. The quantitative estimate of drug-likeness (QED) is 0.279. The third-order valence-corrected chi connectivity index (χ3v) is 12.9. The van der Waals surface area contributed by atoms with Gasteiger partial charge in [-0.2, -0.15) is 0 Å². The summed E-state index contributed by atoms with van der Waals surface area (Å²) >= 11 is 0. The molecule has 2 aliphatic rings. The number of ether oxygens (including phenoxy) is 2. The third kappa shape index (κ3) is 10.8. The number of methoxy groups -OCH3 is 1. The van der Waals surface area contributed by atoms with Crippen LogP contribution >= 0.6 is 0 Å². The molecular weight excluding hydrogens is 683 g/mol. The van der Waals surface area contributed by atoms with E-state index < -0.39 is 56.7 Å². The van der Waals surface area contributed by atoms with Gasteiger partial charge in [-0.15, -0.1) is 0 Å². The lowest BCUT2D eigenvalue weighted by Gasteiger charge is -2.48. The normalized spacial score (nSPS) is 21.6. The van der Waals surface area contributed by atoms with Crippen molar-refractivity contribution in [3.63, 3.8) is 0 Å². The van der Waals surface area contributed by atoms with Gasteiger partial charge < -0.3 is 25.0 Å². The summed E-state index contributed by atoms with van der Waals surface area (Å²) < 4.78 is 36.5. The van der Waals surface area contributed by atoms with Gasteiger partial charge >= 0.3 is 0 Å². The van der Waals surface area contributed by atoms with E-state index in [0.29, 0.717) is 30.6 Å². The Bertz CT molecular complexity index is 1600. The van der Waals surface area contributed by atoms with E-state index in [4.69, 9.17) is 9.47 Å². The molecule has 1 aliphatic heterocycles. The first-order chi connectivity index (χ1) is 24.4. The third-order valence-electron chi connectivity index (χ3n) is 10.8. The minimum Gasteiger partial charge on any atom is -0.482 e. The summed E-state index contributed by atoms with van der Waals surface area (Å²) in [5.41, 5.74) is 0.555. The number of nitrogens with zero attached hydrogens (tertiary/aromatic N) is 3. The van der Waals surface area contributed by atoms with Gasteiger partial charge in [0.15, 0.2) is 16.4 Å². The van der Waals surface area contributed by atoms with Crippen LogP contribution in [0.25, 0.3) is 0 Å². The first-order valence-corrected chi connectivity index (χ1v) is 20.2. The van der Waals surface area contributed by atoms with Gasteiger partial charge in [-0.1, -0.05) is 49.6 Å². The van der Waals surface area contributed by atoms with E-state index in [-0.39, 0.29) is 11.9 Å². The van der Waals surface area contributed by atoms with Crippen LogP contribution in [0.4, 0.5) is 0 Å². The van der Waals surface area contributed by atoms with E-state index >= 15 is 0 Å². The van der Waals surface area contributed by atoms with Gasteiger partial charge in [0.2, 0.25) is 11.8 Å². The van der Waals surface area contributed by atoms with Gasteiger partial charge in [-0.25, -0.2) is 8.42 Å². The summed E-state index contributed by atoms with van der Waals surface area (Å²) in [5, 5.41) is 5.89. The number of amides is 3. The number of carbonyl (C=O) groups excluding carboxylic acids is 3. The van der Waals surface area contributed by atoms with Gasteiger partial charge in [-0.3, -0.25) is 24.3 Å². The number of carbonyl (C=O) groups is 3. The standard InChI is InChI=1S/C39H59N5O7S/c1-38(2,3)42-36(46)32-22-28-17-12-13-18-29(28)24-44(32)25-33(50-7)31(21-27-15-10-9-11-16-27)43(6)37(47)35(39(4,5)52(8,48)49)41-34(45)26-51-30-19-14-20-40-23-30/h9-11,14-16,19-20,23,28-29,31-33,35H,12-13,17-18,21-22,24-26H2,1-8H3,(H,41,45)(H,42,46)/t28-,29+,31-,32-,33+,35-/m0/s1. The Kier molecular flexibility index (Phi) is 13.9. The largest absolute Gasteiger partial charge is 0.482 e. The van der Waals surface area contributed by atoms with Crippen molar-refractivity contribution >= 4 is 27.6 Å². The van der Waals surface area contributed by atoms with Gasteiger partial charge in [0.1, 0.15) is 11.8 Å². The molecule has 6 atom stereocenters. The lowest BCUT2D eigenvalue weighted by molar-refractivity contribution is -0.142. The Morgan fingerprint density at radius 2 is 1.69 bits per heavy atom. The Morgan fingerprint density at radius 1 is 1.02 bits per heavy atom. The number of likely N-dealkylation sites (tertiary alicyclic amines) is 1. The minimum atomic E-state index is -3.87. The molecule has 2 aromatic rings. The molecule has 1 aromatic heterocycles. The Balaban J connectivity index is 1.66. The van der Waals surface area contributed by atoms with Crippen molar-refractivity contribution in [1.29, 1.82) is 0 Å². The number of nitrogens with one attached hydrogen (secondary N) is 2. The van der Waals surface area contributed by atoms with Gasteiger partial charge in [-0.05, 0) is 83.4 Å². The zero-order chi connectivity index (χ0) is 38.3. The Hall–Kier alpha value is -3.55. The smallest absolute Gasteiger partial charge is 0.258 e. The average Bonchev–Trinajstić information content (AvgIpc) is 3.09. The zero-order valence-corrected chi connectivity index (χ0v) is 32.9. The topological polar surface area (TPSA) is 147 Å². The van der Waals surface area contributed by atoms with Crippen molar-refractivity contribution in [1.82, 2.24) is 25.4 Å². The van der Waals surface area contributed by atoms with Gasteiger partial charge in [0.25, 0.3) is 5.91 Å². The van der Waals surface area contributed by atoms with E-state index in [1.165, 1.54) is 37.8 Å². The van der Waals surface area contributed by atoms with Crippen molar-refractivity contribution < 1.29 is 32.3 Å². The van der Waals surface area contributed by atoms with Crippen molar-refractivity contribution in [2.45, 2.75) is 108 Å². The number of benzene rings is 1. The molecule has 1 aromatic carbocycles. The van der Waals surface area contributed by atoms with E-state index in [9.17, 15) is 22.8 Å². The predicted molar refractivity (Wildman–Crippen MR) is 201 cm³/mol. The summed E-state index contributed by atoms with van der Waals surface area (Å²) in [4.78, 5) is 49.5. The average molecular weight is 742 g/mol. The van der Waals surface area contributed by atoms with Crippen molar-refractivity contribution in [2.75, 3.05) is 40.1 Å². The van der Waals surface area contributed by atoms with Crippen molar-refractivity contribution in [2.24, 2.45) is 11.8 Å². The highest BCUT2D eigenvalue weighted by Gasteiger charge is 2.48. The molecule has 13 heteroatoms. The number of hydrogen-bond donors (Lipinski definition) is 2. The number of aromatic nitrogens is 1. The first kappa shape index (κ1) is 41.2. The fraction of sp³-hybridized carbons (Fsp3) is 0.641. The number of likely N-dealkylation sites (N-methyl/N-ethyl adjacent to an activating group) is 1. The summed E-state index contributed by atoms with van der Waals surface area (Å²) in [5.74, 6) is 0.0652. The van der Waals surface area contributed by atoms with Crippen LogP contribution in [0.3, 0.4) is 0 Å². The van der Waals surface area contributed by atoms with Crippen LogP contribution in [0.5, 0.6) is 5.75 Å². The van der Waals surface area contributed by atoms with E-state index in [1.807, 2.05) is 51.1 Å². The van der Waals surface area contributed by atoms with Gasteiger partial charge in [0, 0.05) is 45.2 Å². The van der Waals surface area contributed by atoms with Crippen LogP contribution < -0.4 is 15.4 Å².